The van der Waals surface area contributed by atoms with Crippen molar-refractivity contribution in [2.75, 3.05) is 47.1 Å². The summed E-state index contributed by atoms with van der Waals surface area (Å²) in [6.07, 6.45) is 1.40. The zero-order chi connectivity index (χ0) is 31.4. The van der Waals surface area contributed by atoms with Crippen molar-refractivity contribution in [3.8, 4) is 17.2 Å². The number of thiazole rings is 1. The van der Waals surface area contributed by atoms with Crippen molar-refractivity contribution in [1.82, 2.24) is 9.47 Å². The number of aromatic nitrogens is 1. The van der Waals surface area contributed by atoms with Crippen molar-refractivity contribution in [2.45, 2.75) is 32.9 Å². The maximum Gasteiger partial charge on any atom is 0.338 e. The highest BCUT2D eigenvalue weighted by Gasteiger charge is 2.34. The number of nitrogens with zero attached hydrogens (tertiary/aromatic N) is 3. The Morgan fingerprint density at radius 2 is 1.80 bits per heavy atom. The van der Waals surface area contributed by atoms with E-state index in [-0.39, 0.29) is 24.2 Å². The van der Waals surface area contributed by atoms with Gasteiger partial charge in [0.05, 0.1) is 55.4 Å². The third-order valence-electron chi connectivity index (χ3n) is 7.22. The molecule has 1 amide bonds. The van der Waals surface area contributed by atoms with Crippen LogP contribution in [0.2, 0.25) is 0 Å². The van der Waals surface area contributed by atoms with Gasteiger partial charge in [-0.05, 0) is 62.2 Å². The van der Waals surface area contributed by atoms with Crippen LogP contribution in [-0.2, 0) is 19.1 Å². The van der Waals surface area contributed by atoms with Crippen molar-refractivity contribution in [3.63, 3.8) is 0 Å². The molecule has 12 heteroatoms. The van der Waals surface area contributed by atoms with Gasteiger partial charge in [-0.2, -0.15) is 0 Å². The largest absolute Gasteiger partial charge is 0.497 e. The van der Waals surface area contributed by atoms with Gasteiger partial charge in [0, 0.05) is 13.1 Å². The van der Waals surface area contributed by atoms with Crippen molar-refractivity contribution in [3.05, 3.63) is 84.5 Å². The minimum atomic E-state index is -0.736. The Morgan fingerprint density at radius 1 is 1.07 bits per heavy atom. The average Bonchev–Trinajstić information content (AvgIpc) is 3.33. The third kappa shape index (κ3) is 6.56. The first-order valence-corrected chi connectivity index (χ1v) is 15.1. The molecule has 3 aromatic rings. The first-order chi connectivity index (χ1) is 21.2. The first-order valence-electron chi connectivity index (χ1n) is 14.2. The molecule has 3 heterocycles. The molecule has 11 nitrogen and oxygen atoms in total. The standard InChI is InChI=1S/C32H35N3O8S/c1-19(2)43-31(38)28-20(3)33-32-35(29(28)22-7-9-23(39-4)10-8-22)30(37)26(44-32)17-21-6-11-24(25(16-21)40-5)42-18-27(36)34-12-14-41-15-13-34/h6-11,16-17,19,29H,12-15,18H2,1-5H3/b26-17+/t29-/m1/s1. The number of rotatable bonds is 9. The molecule has 0 spiro atoms. The average molecular weight is 622 g/mol. The second-order valence-electron chi connectivity index (χ2n) is 10.5. The van der Waals surface area contributed by atoms with Gasteiger partial charge >= 0.3 is 5.97 Å². The molecule has 44 heavy (non-hydrogen) atoms. The van der Waals surface area contributed by atoms with Crippen LogP contribution in [0.25, 0.3) is 6.08 Å². The summed E-state index contributed by atoms with van der Waals surface area (Å²) in [7, 11) is 3.09. The molecule has 2 aliphatic heterocycles. The van der Waals surface area contributed by atoms with E-state index in [4.69, 9.17) is 23.7 Å². The third-order valence-corrected chi connectivity index (χ3v) is 8.20. The number of benzene rings is 2. The lowest BCUT2D eigenvalue weighted by molar-refractivity contribution is -0.143. The molecule has 0 N–H and O–H groups in total. The van der Waals surface area contributed by atoms with E-state index >= 15 is 0 Å². The van der Waals surface area contributed by atoms with E-state index < -0.39 is 12.0 Å². The number of fused-ring (bicyclic) bond motifs is 1. The van der Waals surface area contributed by atoms with Crippen LogP contribution in [0, 0.1) is 0 Å². The lowest BCUT2D eigenvalue weighted by atomic mass is 9.96. The quantitative estimate of drug-likeness (QED) is 0.335. The minimum absolute atomic E-state index is 0.124. The van der Waals surface area contributed by atoms with Gasteiger partial charge in [0.15, 0.2) is 22.9 Å². The summed E-state index contributed by atoms with van der Waals surface area (Å²) in [6, 6.07) is 11.7. The molecule has 1 saturated heterocycles. The number of morpholine rings is 1. The zero-order valence-corrected chi connectivity index (χ0v) is 26.1. The predicted molar refractivity (Wildman–Crippen MR) is 164 cm³/mol. The van der Waals surface area contributed by atoms with Crippen LogP contribution in [0.1, 0.15) is 37.9 Å². The van der Waals surface area contributed by atoms with E-state index in [1.165, 1.54) is 23.0 Å². The number of allylic oxidation sites excluding steroid dienone is 1. The van der Waals surface area contributed by atoms with Gasteiger partial charge in [0.2, 0.25) is 0 Å². The summed E-state index contributed by atoms with van der Waals surface area (Å²) in [6.45, 7) is 7.27. The maximum absolute atomic E-state index is 13.9. The van der Waals surface area contributed by atoms with Gasteiger partial charge in [-0.15, -0.1) is 0 Å². The van der Waals surface area contributed by atoms with Crippen LogP contribution >= 0.6 is 11.3 Å². The highest BCUT2D eigenvalue weighted by atomic mass is 32.1. The molecule has 0 radical (unpaired) electrons. The van der Waals surface area contributed by atoms with Crippen LogP contribution in [0.5, 0.6) is 17.2 Å². The highest BCUT2D eigenvalue weighted by molar-refractivity contribution is 7.07. The molecule has 0 aliphatic carbocycles. The molecule has 1 aromatic heterocycles. The lowest BCUT2D eigenvalue weighted by Crippen LogP contribution is -2.43. The Bertz CT molecular complexity index is 1750. The van der Waals surface area contributed by atoms with Crippen LogP contribution in [0.4, 0.5) is 0 Å². The van der Waals surface area contributed by atoms with Gasteiger partial charge in [-0.1, -0.05) is 29.5 Å². The molecule has 5 rings (SSSR count). The number of methoxy groups -OCH3 is 2. The molecule has 2 aromatic carbocycles. The Morgan fingerprint density at radius 3 is 2.45 bits per heavy atom. The summed E-state index contributed by atoms with van der Waals surface area (Å²) in [5.41, 5.74) is 1.90. The SMILES string of the molecule is COc1ccc([C@@H]2C(C(=O)OC(C)C)=C(C)N=c3s/c(=C/c4ccc(OCC(=O)N5CCOCC5)c(OC)c4)c(=O)n32)cc1. The summed E-state index contributed by atoms with van der Waals surface area (Å²) in [5, 5.41) is 0. The highest BCUT2D eigenvalue weighted by Crippen LogP contribution is 2.32. The Labute approximate surface area is 258 Å². The molecule has 0 unspecified atom stereocenters. The maximum atomic E-state index is 13.9. The van der Waals surface area contributed by atoms with Crippen LogP contribution < -0.4 is 29.1 Å². The number of amides is 1. The number of hydrogen-bond acceptors (Lipinski definition) is 10. The van der Waals surface area contributed by atoms with E-state index in [1.807, 2.05) is 12.1 Å². The molecular formula is C32H35N3O8S. The number of hydrogen-bond donors (Lipinski definition) is 0. The number of esters is 1. The van der Waals surface area contributed by atoms with Gasteiger partial charge in [0.25, 0.3) is 11.5 Å². The van der Waals surface area contributed by atoms with E-state index in [9.17, 15) is 14.4 Å². The van der Waals surface area contributed by atoms with E-state index in [0.29, 0.717) is 69.7 Å². The van der Waals surface area contributed by atoms with Gasteiger partial charge in [-0.3, -0.25) is 14.2 Å². The van der Waals surface area contributed by atoms with Crippen LogP contribution in [0.15, 0.2) is 63.5 Å². The number of ether oxygens (including phenoxy) is 5. The smallest absolute Gasteiger partial charge is 0.338 e. The van der Waals surface area contributed by atoms with Crippen molar-refractivity contribution in [1.29, 1.82) is 0 Å². The summed E-state index contributed by atoms with van der Waals surface area (Å²) in [5.74, 6) is 0.839. The Hall–Kier alpha value is -4.42. The fourth-order valence-corrected chi connectivity index (χ4v) is 6.10. The summed E-state index contributed by atoms with van der Waals surface area (Å²) < 4.78 is 29.5. The molecule has 1 fully saturated rings. The molecule has 2 aliphatic rings. The normalized spacial score (nSPS) is 16.8. The van der Waals surface area contributed by atoms with Crippen molar-refractivity contribution in [2.24, 2.45) is 4.99 Å². The topological polar surface area (TPSA) is 118 Å². The van der Waals surface area contributed by atoms with Gasteiger partial charge in [0.1, 0.15) is 5.75 Å². The fraction of sp³-hybridized carbons (Fsp3) is 0.375. The fourth-order valence-electron chi connectivity index (χ4n) is 5.05. The second-order valence-corrected chi connectivity index (χ2v) is 11.5. The van der Waals surface area contributed by atoms with Crippen LogP contribution in [0.3, 0.4) is 0 Å². The Balaban J connectivity index is 1.49. The molecule has 1 atom stereocenters. The monoisotopic (exact) mass is 621 g/mol. The predicted octanol–water partition coefficient (Wildman–Crippen LogP) is 2.44. The molecule has 0 bridgehead atoms. The summed E-state index contributed by atoms with van der Waals surface area (Å²) in [4.78, 5) is 46.6. The first kappa shape index (κ1) is 31.0. The Kier molecular flexibility index (Phi) is 9.50. The lowest BCUT2D eigenvalue weighted by Gasteiger charge is -2.26. The minimum Gasteiger partial charge on any atom is -0.497 e. The van der Waals surface area contributed by atoms with Gasteiger partial charge < -0.3 is 28.6 Å². The van der Waals surface area contributed by atoms with Crippen molar-refractivity contribution >= 4 is 29.3 Å². The van der Waals surface area contributed by atoms with Gasteiger partial charge in [-0.25, -0.2) is 9.79 Å². The summed E-state index contributed by atoms with van der Waals surface area (Å²) >= 11 is 1.23. The van der Waals surface area contributed by atoms with E-state index in [1.54, 1.807) is 69.2 Å². The molecular weight excluding hydrogens is 586 g/mol. The van der Waals surface area contributed by atoms with E-state index in [0.717, 1.165) is 5.56 Å². The number of carbonyl (C=O) groups excluding carboxylic acids is 2. The van der Waals surface area contributed by atoms with Crippen LogP contribution in [-0.4, -0.2) is 74.6 Å². The van der Waals surface area contributed by atoms with E-state index in [2.05, 4.69) is 4.99 Å². The molecule has 0 saturated carbocycles. The van der Waals surface area contributed by atoms with Crippen molar-refractivity contribution < 1.29 is 33.3 Å². The molecule has 232 valence electrons. The number of carbonyl (C=O) groups is 2. The second kappa shape index (κ2) is 13.5. The zero-order valence-electron chi connectivity index (χ0n) is 25.3.